The van der Waals surface area contributed by atoms with Crippen molar-refractivity contribution in [1.82, 2.24) is 15.3 Å². The standard InChI is InChI=1S/C26H28ClFN4O3/c1-35-19-7-3-5-16(11-19)22-13-30-25(29)24(31-22)17-8-9-20(21(28)12-17)26(34)32-23(14-33)15-4-2-6-18(27)10-15/h2,4,6,8-10,12-13,16,19,23,33H,3,5,7,11,14H2,1H3,(H2,29,30)(H,32,34)/t16-,19-,23+/m0/s1. The normalized spacial score (nSPS) is 18.7. The highest BCUT2D eigenvalue weighted by Gasteiger charge is 2.25. The molecule has 9 heteroatoms. The second kappa shape index (κ2) is 11.1. The van der Waals surface area contributed by atoms with Crippen LogP contribution in [0.2, 0.25) is 5.02 Å². The number of amides is 1. The maximum Gasteiger partial charge on any atom is 0.254 e. The van der Waals surface area contributed by atoms with Crippen LogP contribution in [0.15, 0.2) is 48.7 Å². The predicted octanol–water partition coefficient (Wildman–Crippen LogP) is 4.65. The van der Waals surface area contributed by atoms with Crippen molar-refractivity contribution in [3.05, 3.63) is 76.3 Å². The summed E-state index contributed by atoms with van der Waals surface area (Å²) in [5, 5.41) is 12.9. The van der Waals surface area contributed by atoms with Crippen LogP contribution >= 0.6 is 11.6 Å². The number of aromatic nitrogens is 2. The number of aliphatic hydroxyl groups is 1. The molecule has 7 nitrogen and oxygen atoms in total. The highest BCUT2D eigenvalue weighted by molar-refractivity contribution is 6.30. The first kappa shape index (κ1) is 25.0. The maximum atomic E-state index is 15.0. The molecule has 3 atom stereocenters. The molecule has 1 saturated carbocycles. The van der Waals surface area contributed by atoms with Gasteiger partial charge in [0.1, 0.15) is 17.3 Å². The third kappa shape index (κ3) is 5.78. The molecule has 0 aliphatic heterocycles. The summed E-state index contributed by atoms with van der Waals surface area (Å²) in [6, 6.07) is 10.2. The van der Waals surface area contributed by atoms with Crippen molar-refractivity contribution in [2.24, 2.45) is 0 Å². The van der Waals surface area contributed by atoms with Gasteiger partial charge in [0.15, 0.2) is 0 Å². The molecule has 2 aromatic carbocycles. The van der Waals surface area contributed by atoms with E-state index in [9.17, 15) is 9.90 Å². The Bertz CT molecular complexity index is 1210. The zero-order valence-electron chi connectivity index (χ0n) is 19.4. The third-order valence-corrected chi connectivity index (χ3v) is 6.66. The molecule has 0 bridgehead atoms. The van der Waals surface area contributed by atoms with Gasteiger partial charge in [0.25, 0.3) is 5.91 Å². The molecular weight excluding hydrogens is 471 g/mol. The number of carbonyl (C=O) groups excluding carboxylic acids is 1. The molecule has 1 fully saturated rings. The smallest absolute Gasteiger partial charge is 0.254 e. The molecule has 184 valence electrons. The Labute approximate surface area is 208 Å². The lowest BCUT2D eigenvalue weighted by Gasteiger charge is -2.27. The van der Waals surface area contributed by atoms with Gasteiger partial charge in [0, 0.05) is 23.6 Å². The summed E-state index contributed by atoms with van der Waals surface area (Å²) in [5.74, 6) is -1.01. The molecule has 1 aromatic heterocycles. The first-order valence-corrected chi connectivity index (χ1v) is 11.9. The zero-order chi connectivity index (χ0) is 24.9. The average molecular weight is 499 g/mol. The van der Waals surface area contributed by atoms with Crippen LogP contribution in [0.5, 0.6) is 0 Å². The van der Waals surface area contributed by atoms with Gasteiger partial charge in [-0.3, -0.25) is 4.79 Å². The van der Waals surface area contributed by atoms with E-state index < -0.39 is 17.8 Å². The zero-order valence-corrected chi connectivity index (χ0v) is 20.1. The predicted molar refractivity (Wildman–Crippen MR) is 133 cm³/mol. The monoisotopic (exact) mass is 498 g/mol. The number of hydrogen-bond acceptors (Lipinski definition) is 6. The molecule has 1 amide bonds. The van der Waals surface area contributed by atoms with E-state index in [2.05, 4.69) is 10.3 Å². The van der Waals surface area contributed by atoms with Crippen LogP contribution in [0.4, 0.5) is 10.2 Å². The minimum absolute atomic E-state index is 0.160. The molecule has 0 unspecified atom stereocenters. The van der Waals surface area contributed by atoms with E-state index >= 15 is 4.39 Å². The number of rotatable bonds is 7. The number of methoxy groups -OCH3 is 1. The van der Waals surface area contributed by atoms with Crippen LogP contribution < -0.4 is 11.1 Å². The minimum atomic E-state index is -0.732. The molecule has 0 radical (unpaired) electrons. The molecular formula is C26H28ClFN4O3. The third-order valence-electron chi connectivity index (χ3n) is 6.42. The van der Waals surface area contributed by atoms with Crippen molar-refractivity contribution in [1.29, 1.82) is 0 Å². The van der Waals surface area contributed by atoms with Gasteiger partial charge in [-0.1, -0.05) is 36.2 Å². The Morgan fingerprint density at radius 3 is 2.86 bits per heavy atom. The fraction of sp³-hybridized carbons (Fsp3) is 0.346. The number of hydrogen-bond donors (Lipinski definition) is 3. The van der Waals surface area contributed by atoms with Gasteiger partial charge in [0.05, 0.1) is 36.2 Å². The molecule has 1 aliphatic carbocycles. The van der Waals surface area contributed by atoms with Crippen molar-refractivity contribution in [2.75, 3.05) is 19.5 Å². The second-order valence-corrected chi connectivity index (χ2v) is 9.14. The van der Waals surface area contributed by atoms with E-state index in [1.165, 1.54) is 12.1 Å². The average Bonchev–Trinajstić information content (AvgIpc) is 2.87. The topological polar surface area (TPSA) is 110 Å². The summed E-state index contributed by atoms with van der Waals surface area (Å²) in [6.07, 6.45) is 5.73. The summed E-state index contributed by atoms with van der Waals surface area (Å²) in [7, 11) is 1.71. The summed E-state index contributed by atoms with van der Waals surface area (Å²) < 4.78 is 20.6. The highest BCUT2D eigenvalue weighted by atomic mass is 35.5. The molecule has 35 heavy (non-hydrogen) atoms. The van der Waals surface area contributed by atoms with Gasteiger partial charge < -0.3 is 20.9 Å². The van der Waals surface area contributed by atoms with Gasteiger partial charge in [-0.2, -0.15) is 0 Å². The quantitative estimate of drug-likeness (QED) is 0.437. The number of nitrogens with one attached hydrogen (secondary N) is 1. The number of benzene rings is 2. The van der Waals surface area contributed by atoms with Gasteiger partial charge >= 0.3 is 0 Å². The summed E-state index contributed by atoms with van der Waals surface area (Å²) in [5.41, 5.74) is 8.13. The minimum Gasteiger partial charge on any atom is -0.394 e. The van der Waals surface area contributed by atoms with E-state index in [0.29, 0.717) is 21.8 Å². The molecule has 1 heterocycles. The second-order valence-electron chi connectivity index (χ2n) is 8.71. The summed E-state index contributed by atoms with van der Waals surface area (Å²) in [6.45, 7) is -0.365. The maximum absolute atomic E-state index is 15.0. The van der Waals surface area contributed by atoms with Crippen LogP contribution in [0, 0.1) is 5.82 Å². The van der Waals surface area contributed by atoms with Crippen molar-refractivity contribution in [3.8, 4) is 11.3 Å². The van der Waals surface area contributed by atoms with Crippen LogP contribution in [-0.4, -0.2) is 40.8 Å². The lowest BCUT2D eigenvalue weighted by molar-refractivity contribution is 0.0630. The molecule has 3 aromatic rings. The van der Waals surface area contributed by atoms with Gasteiger partial charge in [-0.25, -0.2) is 14.4 Å². The first-order valence-electron chi connectivity index (χ1n) is 11.5. The molecule has 4 N–H and O–H groups in total. The van der Waals surface area contributed by atoms with Gasteiger partial charge in [-0.15, -0.1) is 0 Å². The Kier molecular flexibility index (Phi) is 7.95. The fourth-order valence-corrected chi connectivity index (χ4v) is 4.69. The Morgan fingerprint density at radius 1 is 1.31 bits per heavy atom. The number of nitrogens with zero attached hydrogens (tertiary/aromatic N) is 2. The van der Waals surface area contributed by atoms with Gasteiger partial charge in [0.2, 0.25) is 0 Å². The van der Waals surface area contributed by atoms with E-state index in [0.717, 1.165) is 31.4 Å². The van der Waals surface area contributed by atoms with Crippen LogP contribution in [0.1, 0.15) is 59.3 Å². The lowest BCUT2D eigenvalue weighted by atomic mass is 9.85. The number of nitrogens with two attached hydrogens (primary N) is 1. The largest absolute Gasteiger partial charge is 0.394 e. The number of nitrogen functional groups attached to an aromatic ring is 1. The highest BCUT2D eigenvalue weighted by Crippen LogP contribution is 2.35. The Hall–Kier alpha value is -3.07. The summed E-state index contributed by atoms with van der Waals surface area (Å²) >= 11 is 6.01. The van der Waals surface area contributed by atoms with Crippen LogP contribution in [-0.2, 0) is 4.74 Å². The number of anilines is 1. The molecule has 4 rings (SSSR count). The van der Waals surface area contributed by atoms with Crippen molar-refractivity contribution in [3.63, 3.8) is 0 Å². The summed E-state index contributed by atoms with van der Waals surface area (Å²) in [4.78, 5) is 21.8. The van der Waals surface area contributed by atoms with Crippen LogP contribution in [0.25, 0.3) is 11.3 Å². The number of aliphatic hydroxyl groups excluding tert-OH is 1. The van der Waals surface area contributed by atoms with E-state index in [1.54, 1.807) is 43.6 Å². The molecule has 0 saturated heterocycles. The first-order chi connectivity index (χ1) is 16.9. The van der Waals surface area contributed by atoms with Gasteiger partial charge in [-0.05, 0) is 49.1 Å². The fourth-order valence-electron chi connectivity index (χ4n) is 4.49. The molecule has 1 aliphatic rings. The van der Waals surface area contributed by atoms with Crippen molar-refractivity contribution < 1.29 is 19.0 Å². The van der Waals surface area contributed by atoms with Crippen molar-refractivity contribution >= 4 is 23.3 Å². The van der Waals surface area contributed by atoms with Crippen molar-refractivity contribution in [2.45, 2.75) is 43.7 Å². The molecule has 0 spiro atoms. The Morgan fingerprint density at radius 2 is 2.14 bits per heavy atom. The Balaban J connectivity index is 1.55. The number of ether oxygens (including phenoxy) is 1. The SMILES string of the molecule is CO[C@H]1CCC[C@H](c2cnc(N)c(-c3ccc(C(=O)N[C@H](CO)c4cccc(Cl)c4)c(F)c3)n2)C1. The lowest BCUT2D eigenvalue weighted by Crippen LogP contribution is -2.31. The number of carbonyl (C=O) groups is 1. The number of halogens is 2. The van der Waals surface area contributed by atoms with E-state index in [-0.39, 0.29) is 30.0 Å². The van der Waals surface area contributed by atoms with Crippen LogP contribution in [0.3, 0.4) is 0 Å². The van der Waals surface area contributed by atoms with E-state index in [1.807, 2.05) is 0 Å². The van der Waals surface area contributed by atoms with E-state index in [4.69, 9.17) is 27.1 Å².